The summed E-state index contributed by atoms with van der Waals surface area (Å²) in [6.45, 7) is 0.559. The molecular formula is C50H46O13P2S. The number of carbonyl (C=O) groups is 4. The Labute approximate surface area is 386 Å². The van der Waals surface area contributed by atoms with E-state index >= 15 is 9.13 Å². The minimum Gasteiger partial charge on any atom is -0.492 e. The molecule has 16 heteroatoms. The van der Waals surface area contributed by atoms with Crippen LogP contribution in [0.2, 0.25) is 0 Å². The van der Waals surface area contributed by atoms with E-state index in [1.807, 2.05) is 121 Å². The fourth-order valence-electron chi connectivity index (χ4n) is 6.97. The number of ether oxygens (including phenoxy) is 3. The lowest BCUT2D eigenvalue weighted by atomic mass is 9.82. The van der Waals surface area contributed by atoms with Crippen molar-refractivity contribution in [2.45, 2.75) is 38.8 Å². The van der Waals surface area contributed by atoms with Crippen LogP contribution in [0, 0.1) is 0 Å². The molecule has 13 nitrogen and oxygen atoms in total. The molecule has 0 atom stereocenters. The lowest BCUT2D eigenvalue weighted by Crippen LogP contribution is -2.24. The molecule has 0 bridgehead atoms. The van der Waals surface area contributed by atoms with Crippen LogP contribution >= 0.6 is 27.0 Å². The van der Waals surface area contributed by atoms with E-state index in [1.165, 1.54) is 36.0 Å². The predicted octanol–water partition coefficient (Wildman–Crippen LogP) is 10.9. The zero-order valence-electron chi connectivity index (χ0n) is 36.1. The molecule has 0 saturated heterocycles. The molecule has 0 spiro atoms. The van der Waals surface area contributed by atoms with Gasteiger partial charge in [0.15, 0.2) is 11.2 Å². The summed E-state index contributed by atoms with van der Waals surface area (Å²) < 4.78 is 72.6. The Kier molecular flexibility index (Phi) is 16.4. The number of hydrogen-bond acceptors (Lipinski definition) is 14. The molecule has 0 aliphatic heterocycles. The van der Waals surface area contributed by atoms with E-state index in [-0.39, 0.29) is 83.9 Å². The SMILES string of the molecule is COC(=O)c1cc(OC(C)=O)c2c(c1)C(=O)c1cccc(OCCSCC(P(=O)(OCc3ccccc3)OCc3ccccc3)P(=O)(OCc3ccccc3)OCc3ccccc3)c1C2=O. The lowest BCUT2D eigenvalue weighted by Gasteiger charge is -2.32. The second-order valence-electron chi connectivity index (χ2n) is 14.8. The molecule has 0 unspecified atom stereocenters. The van der Waals surface area contributed by atoms with Crippen LogP contribution in [0.3, 0.4) is 0 Å². The van der Waals surface area contributed by atoms with Crippen molar-refractivity contribution in [2.75, 3.05) is 25.2 Å². The van der Waals surface area contributed by atoms with Gasteiger partial charge < -0.3 is 32.3 Å². The van der Waals surface area contributed by atoms with Gasteiger partial charge in [-0.3, -0.25) is 23.5 Å². The molecule has 1 aliphatic carbocycles. The molecule has 0 saturated carbocycles. The van der Waals surface area contributed by atoms with Crippen molar-refractivity contribution in [3.05, 3.63) is 202 Å². The van der Waals surface area contributed by atoms with E-state index in [9.17, 15) is 19.2 Å². The van der Waals surface area contributed by atoms with Crippen LogP contribution < -0.4 is 9.47 Å². The predicted molar refractivity (Wildman–Crippen MR) is 249 cm³/mol. The van der Waals surface area contributed by atoms with Gasteiger partial charge in [-0.2, -0.15) is 11.8 Å². The topological polar surface area (TPSA) is 167 Å². The van der Waals surface area contributed by atoms with Crippen molar-refractivity contribution in [2.24, 2.45) is 0 Å². The van der Waals surface area contributed by atoms with Gasteiger partial charge >= 0.3 is 27.1 Å². The van der Waals surface area contributed by atoms with Crippen molar-refractivity contribution < 1.29 is 60.6 Å². The highest BCUT2D eigenvalue weighted by Gasteiger charge is 2.51. The molecule has 340 valence electrons. The number of esters is 2. The van der Waals surface area contributed by atoms with E-state index in [1.54, 1.807) is 6.07 Å². The fourth-order valence-corrected chi connectivity index (χ4v) is 14.0. The van der Waals surface area contributed by atoms with Gasteiger partial charge in [-0.1, -0.05) is 133 Å². The van der Waals surface area contributed by atoms with Crippen molar-refractivity contribution in [3.63, 3.8) is 0 Å². The Morgan fingerprint density at radius 1 is 0.561 bits per heavy atom. The summed E-state index contributed by atoms with van der Waals surface area (Å²) in [6.07, 6.45) is 0. The maximum atomic E-state index is 15.6. The number of thioether (sulfide) groups is 1. The standard InChI is InChI=1S/C50H46O13P2S/c1-35(51)63-44-29-40(50(54)57-2)28-42-47(44)49(53)46-41(48(42)52)24-15-25-43(46)58-26-27-66-34-45(64(55,59-30-36-16-7-3-8-17-36)60-31-37-18-9-4-10-19-37)65(56,61-32-38-20-11-5-12-21-38)62-33-39-22-13-6-14-23-39/h3-25,28-29,45H,26-27,30-34H2,1-2H3. The number of benzene rings is 6. The van der Waals surface area contributed by atoms with Crippen LogP contribution in [0.1, 0.15) is 71.4 Å². The van der Waals surface area contributed by atoms with Gasteiger partial charge in [0.2, 0.25) is 5.78 Å². The van der Waals surface area contributed by atoms with Crippen molar-refractivity contribution >= 4 is 50.5 Å². The van der Waals surface area contributed by atoms with Crippen LogP contribution in [-0.2, 0) is 63.2 Å². The third-order valence-electron chi connectivity index (χ3n) is 10.2. The summed E-state index contributed by atoms with van der Waals surface area (Å²) in [6, 6.07) is 43.5. The summed E-state index contributed by atoms with van der Waals surface area (Å²) in [5.41, 5.74) is 2.37. The van der Waals surface area contributed by atoms with Crippen molar-refractivity contribution in [1.29, 1.82) is 0 Å². The molecule has 0 fully saturated rings. The highest BCUT2D eigenvalue weighted by molar-refractivity contribution is 8.00. The second kappa shape index (κ2) is 22.5. The third kappa shape index (κ3) is 11.9. The van der Waals surface area contributed by atoms with Gasteiger partial charge in [0.1, 0.15) is 11.5 Å². The number of carbonyl (C=O) groups excluding carboxylic acids is 4. The molecule has 0 amide bonds. The maximum Gasteiger partial charge on any atom is 0.347 e. The first-order chi connectivity index (χ1) is 32.0. The average Bonchev–Trinajstić information content (AvgIpc) is 3.34. The third-order valence-corrected chi connectivity index (χ3v) is 17.2. The van der Waals surface area contributed by atoms with Gasteiger partial charge in [0, 0.05) is 29.6 Å². The maximum absolute atomic E-state index is 15.6. The minimum atomic E-state index is -4.44. The Hall–Kier alpha value is -5.95. The quantitative estimate of drug-likeness (QED) is 0.0272. The largest absolute Gasteiger partial charge is 0.492 e. The van der Waals surface area contributed by atoms with Crippen molar-refractivity contribution in [1.82, 2.24) is 0 Å². The number of hydrogen-bond donors (Lipinski definition) is 0. The molecule has 6 aromatic carbocycles. The zero-order valence-corrected chi connectivity index (χ0v) is 38.7. The van der Waals surface area contributed by atoms with E-state index in [4.69, 9.17) is 32.3 Å². The summed E-state index contributed by atoms with van der Waals surface area (Å²) in [7, 11) is -7.72. The van der Waals surface area contributed by atoms with E-state index in [2.05, 4.69) is 0 Å². The van der Waals surface area contributed by atoms with Crippen LogP contribution in [0.4, 0.5) is 0 Å². The number of fused-ring (bicyclic) bond motifs is 2. The molecule has 0 radical (unpaired) electrons. The van der Waals surface area contributed by atoms with Gasteiger partial charge in [0.25, 0.3) is 0 Å². The zero-order chi connectivity index (χ0) is 46.5. The van der Waals surface area contributed by atoms with Gasteiger partial charge in [-0.05, 0) is 40.5 Å². The Balaban J connectivity index is 1.18. The van der Waals surface area contributed by atoms with Crippen LogP contribution in [0.5, 0.6) is 11.5 Å². The monoisotopic (exact) mass is 948 g/mol. The molecule has 0 aromatic heterocycles. The van der Waals surface area contributed by atoms with E-state index in [0.717, 1.165) is 14.0 Å². The molecule has 0 N–H and O–H groups in total. The molecule has 1 aliphatic rings. The highest BCUT2D eigenvalue weighted by atomic mass is 32.2. The van der Waals surface area contributed by atoms with Gasteiger partial charge in [0.05, 0.1) is 56.8 Å². The summed E-state index contributed by atoms with van der Waals surface area (Å²) >= 11 is 1.22. The minimum absolute atomic E-state index is 0.0210. The first kappa shape index (κ1) is 48.0. The highest BCUT2D eigenvalue weighted by Crippen LogP contribution is 2.72. The van der Waals surface area contributed by atoms with Crippen molar-refractivity contribution in [3.8, 4) is 11.5 Å². The van der Waals surface area contributed by atoms with E-state index in [0.29, 0.717) is 22.3 Å². The van der Waals surface area contributed by atoms with E-state index < -0.39 is 44.1 Å². The Morgan fingerprint density at radius 2 is 1.02 bits per heavy atom. The number of rotatable bonds is 22. The second-order valence-corrected chi connectivity index (χ2v) is 20.8. The average molecular weight is 949 g/mol. The number of ketones is 2. The van der Waals surface area contributed by atoms with Gasteiger partial charge in [-0.25, -0.2) is 4.79 Å². The first-order valence-electron chi connectivity index (χ1n) is 20.8. The smallest absolute Gasteiger partial charge is 0.347 e. The first-order valence-corrected chi connectivity index (χ1v) is 25.2. The molecular weight excluding hydrogens is 903 g/mol. The number of methoxy groups -OCH3 is 1. The Morgan fingerprint density at radius 3 is 1.45 bits per heavy atom. The normalized spacial score (nSPS) is 12.3. The lowest BCUT2D eigenvalue weighted by molar-refractivity contribution is -0.131. The van der Waals surface area contributed by atoms with Gasteiger partial charge in [-0.15, -0.1) is 0 Å². The molecule has 0 heterocycles. The summed E-state index contributed by atoms with van der Waals surface area (Å²) in [4.78, 5) is 52.7. The van der Waals surface area contributed by atoms with Crippen LogP contribution in [0.25, 0.3) is 0 Å². The fraction of sp³-hybridized carbons (Fsp3) is 0.200. The molecule has 6 aromatic rings. The molecule has 7 rings (SSSR count). The molecule has 66 heavy (non-hydrogen) atoms. The summed E-state index contributed by atoms with van der Waals surface area (Å²) in [5.74, 6) is -2.94. The van der Waals surface area contributed by atoms with Crippen LogP contribution in [-0.4, -0.2) is 54.1 Å². The van der Waals surface area contributed by atoms with Crippen LogP contribution in [0.15, 0.2) is 152 Å². The summed E-state index contributed by atoms with van der Waals surface area (Å²) in [5, 5.41) is -1.45. The Bertz CT molecular complexity index is 2550.